The first-order valence-corrected chi connectivity index (χ1v) is 11.4. The summed E-state index contributed by atoms with van der Waals surface area (Å²) >= 11 is 1.37. The Morgan fingerprint density at radius 2 is 1.82 bits per heavy atom. The van der Waals surface area contributed by atoms with Gasteiger partial charge in [-0.15, -0.1) is 11.3 Å². The lowest BCUT2D eigenvalue weighted by molar-refractivity contribution is 0.0913. The van der Waals surface area contributed by atoms with E-state index in [9.17, 15) is 14.7 Å². The van der Waals surface area contributed by atoms with Crippen LogP contribution in [0.5, 0.6) is 11.5 Å². The number of rotatable bonds is 9. The first kappa shape index (κ1) is 22.7. The van der Waals surface area contributed by atoms with Crippen LogP contribution in [0.3, 0.4) is 0 Å². The maximum absolute atomic E-state index is 12.9. The van der Waals surface area contributed by atoms with Crippen LogP contribution in [0, 0.1) is 0 Å². The second-order valence-corrected chi connectivity index (χ2v) is 8.57. The van der Waals surface area contributed by atoms with E-state index in [-0.39, 0.29) is 24.5 Å². The predicted octanol–water partition coefficient (Wildman–Crippen LogP) is 4.17. The van der Waals surface area contributed by atoms with Gasteiger partial charge < -0.3 is 14.6 Å². The van der Waals surface area contributed by atoms with Crippen molar-refractivity contribution in [2.24, 2.45) is 0 Å². The highest BCUT2D eigenvalue weighted by Gasteiger charge is 2.14. The molecule has 0 aliphatic heterocycles. The van der Waals surface area contributed by atoms with Crippen LogP contribution in [0.4, 0.5) is 0 Å². The Balaban J connectivity index is 1.44. The van der Waals surface area contributed by atoms with Crippen LogP contribution < -0.4 is 15.0 Å². The number of carbonyl (C=O) groups is 1. The van der Waals surface area contributed by atoms with Gasteiger partial charge in [-0.2, -0.15) is 0 Å². The van der Waals surface area contributed by atoms with E-state index in [4.69, 9.17) is 9.47 Å². The Morgan fingerprint density at radius 3 is 2.48 bits per heavy atom. The van der Waals surface area contributed by atoms with Crippen molar-refractivity contribution in [2.75, 3.05) is 13.7 Å². The molecule has 4 aromatic rings. The number of carbonyl (C=O) groups excluding carboxylic acids is 1. The number of hydrogen-bond acceptors (Lipinski definition) is 7. The molecule has 0 radical (unpaired) electrons. The lowest BCUT2D eigenvalue weighted by atomic mass is 10.1. The number of aromatic nitrogens is 2. The molecule has 1 unspecified atom stereocenters. The van der Waals surface area contributed by atoms with E-state index in [1.165, 1.54) is 22.2 Å². The third kappa shape index (κ3) is 5.13. The molecule has 0 spiro atoms. The van der Waals surface area contributed by atoms with Crippen molar-refractivity contribution in [3.05, 3.63) is 76.8 Å². The molecule has 7 nitrogen and oxygen atoms in total. The number of thiophene rings is 1. The molecule has 0 fully saturated rings. The van der Waals surface area contributed by atoms with Crippen molar-refractivity contribution in [2.45, 2.75) is 26.0 Å². The van der Waals surface area contributed by atoms with Crippen LogP contribution in [-0.4, -0.2) is 40.3 Å². The summed E-state index contributed by atoms with van der Waals surface area (Å²) in [5.74, 6) is 1.37. The van der Waals surface area contributed by atoms with Gasteiger partial charge in [0.15, 0.2) is 5.78 Å². The lowest BCUT2D eigenvalue weighted by Crippen LogP contribution is -2.30. The minimum Gasteiger partial charge on any atom is -0.497 e. The largest absolute Gasteiger partial charge is 0.497 e. The molecule has 33 heavy (non-hydrogen) atoms. The van der Waals surface area contributed by atoms with Crippen LogP contribution in [0.2, 0.25) is 0 Å². The minimum atomic E-state index is -0.903. The molecular formula is C25H24N2O5S. The summed E-state index contributed by atoms with van der Waals surface area (Å²) in [6, 6.07) is 16.3. The summed E-state index contributed by atoms with van der Waals surface area (Å²) in [5.41, 5.74) is 2.02. The lowest BCUT2D eigenvalue weighted by Gasteiger charge is -2.14. The second-order valence-electron chi connectivity index (χ2n) is 7.52. The average Bonchev–Trinajstić information content (AvgIpc) is 3.29. The summed E-state index contributed by atoms with van der Waals surface area (Å²) in [6.45, 7) is 1.88. The molecule has 0 amide bonds. The van der Waals surface area contributed by atoms with Gasteiger partial charge in [0.05, 0.1) is 25.5 Å². The van der Waals surface area contributed by atoms with Crippen molar-refractivity contribution >= 4 is 27.3 Å². The first-order valence-electron chi connectivity index (χ1n) is 10.6. The van der Waals surface area contributed by atoms with E-state index in [1.807, 2.05) is 37.3 Å². The predicted molar refractivity (Wildman–Crippen MR) is 128 cm³/mol. The van der Waals surface area contributed by atoms with E-state index >= 15 is 0 Å². The highest BCUT2D eigenvalue weighted by atomic mass is 32.1. The van der Waals surface area contributed by atoms with Crippen LogP contribution in [0.25, 0.3) is 20.7 Å². The number of ketones is 1. The Bertz CT molecular complexity index is 1310. The number of ether oxygens (including phenoxy) is 2. The van der Waals surface area contributed by atoms with Gasteiger partial charge in [-0.25, -0.2) is 4.98 Å². The number of fused-ring (bicyclic) bond motifs is 1. The smallest absolute Gasteiger partial charge is 0.271 e. The van der Waals surface area contributed by atoms with Crippen LogP contribution in [0.1, 0.15) is 23.7 Å². The maximum Gasteiger partial charge on any atom is 0.271 e. The quantitative estimate of drug-likeness (QED) is 0.374. The molecule has 8 heteroatoms. The molecule has 170 valence electrons. The maximum atomic E-state index is 12.9. The highest BCUT2D eigenvalue weighted by Crippen LogP contribution is 2.31. The number of aliphatic hydroxyl groups is 1. The Morgan fingerprint density at radius 1 is 1.12 bits per heavy atom. The van der Waals surface area contributed by atoms with Crippen molar-refractivity contribution < 1.29 is 19.4 Å². The van der Waals surface area contributed by atoms with Gasteiger partial charge in [0.2, 0.25) is 0 Å². The van der Waals surface area contributed by atoms with E-state index in [0.29, 0.717) is 28.0 Å². The topological polar surface area (TPSA) is 90.7 Å². The molecule has 1 N–H and O–H groups in total. The zero-order chi connectivity index (χ0) is 23.4. The monoisotopic (exact) mass is 464 g/mol. The number of hydrogen-bond donors (Lipinski definition) is 1. The highest BCUT2D eigenvalue weighted by molar-refractivity contribution is 7.22. The van der Waals surface area contributed by atoms with Crippen LogP contribution >= 0.6 is 11.3 Å². The normalized spacial score (nSPS) is 12.0. The zero-order valence-electron chi connectivity index (χ0n) is 18.4. The van der Waals surface area contributed by atoms with Crippen molar-refractivity contribution in [3.8, 4) is 21.9 Å². The Kier molecular flexibility index (Phi) is 6.86. The number of Topliss-reactive ketones (excluding diaryl/α,β-unsaturated/α-hetero) is 1. The molecule has 2 aromatic heterocycles. The van der Waals surface area contributed by atoms with E-state index < -0.39 is 6.10 Å². The summed E-state index contributed by atoms with van der Waals surface area (Å²) in [7, 11) is 1.62. The van der Waals surface area contributed by atoms with E-state index in [0.717, 1.165) is 16.2 Å². The average molecular weight is 465 g/mol. The number of aliphatic hydroxyl groups excluding tert-OH is 1. The van der Waals surface area contributed by atoms with E-state index in [2.05, 4.69) is 4.98 Å². The molecule has 0 aliphatic rings. The summed E-state index contributed by atoms with van der Waals surface area (Å²) in [6.07, 6.45) is 0.987. The van der Waals surface area contributed by atoms with Crippen molar-refractivity contribution in [1.29, 1.82) is 0 Å². The number of methoxy groups -OCH3 is 1. The minimum absolute atomic E-state index is 0.00703. The molecular weight excluding hydrogens is 440 g/mol. The summed E-state index contributed by atoms with van der Waals surface area (Å²) in [5, 5.41) is 10.4. The van der Waals surface area contributed by atoms with Gasteiger partial charge in [-0.1, -0.05) is 6.92 Å². The SMILES string of the molecule is CCC(=O)c1ccc(OCC(O)Cn2cnc3cc(-c4ccc(OC)cc4)sc3c2=O)cc1. The fourth-order valence-corrected chi connectivity index (χ4v) is 4.45. The van der Waals surface area contributed by atoms with Gasteiger partial charge in [-0.05, 0) is 60.2 Å². The van der Waals surface area contributed by atoms with Gasteiger partial charge in [0.1, 0.15) is 28.9 Å². The Labute approximate surface area is 194 Å². The molecule has 0 saturated heterocycles. The molecule has 2 heterocycles. The fraction of sp³-hybridized carbons (Fsp3) is 0.240. The first-order chi connectivity index (χ1) is 16.0. The van der Waals surface area contributed by atoms with Crippen molar-refractivity contribution in [1.82, 2.24) is 9.55 Å². The van der Waals surface area contributed by atoms with Gasteiger partial charge in [0, 0.05) is 16.9 Å². The summed E-state index contributed by atoms with van der Waals surface area (Å²) < 4.78 is 12.7. The molecule has 1 atom stereocenters. The third-order valence-electron chi connectivity index (χ3n) is 5.23. The van der Waals surface area contributed by atoms with Crippen LogP contribution in [0.15, 0.2) is 65.7 Å². The van der Waals surface area contributed by atoms with Crippen molar-refractivity contribution in [3.63, 3.8) is 0 Å². The molecule has 2 aromatic carbocycles. The number of nitrogens with zero attached hydrogens (tertiary/aromatic N) is 2. The van der Waals surface area contributed by atoms with Gasteiger partial charge in [-0.3, -0.25) is 14.2 Å². The second kappa shape index (κ2) is 9.97. The molecule has 4 rings (SSSR count). The Hall–Kier alpha value is -3.49. The number of benzene rings is 2. The summed E-state index contributed by atoms with van der Waals surface area (Å²) in [4.78, 5) is 30.0. The molecule has 0 bridgehead atoms. The van der Waals surface area contributed by atoms with Crippen LogP contribution in [-0.2, 0) is 6.54 Å². The zero-order valence-corrected chi connectivity index (χ0v) is 19.2. The van der Waals surface area contributed by atoms with Gasteiger partial charge in [0.25, 0.3) is 5.56 Å². The standard InChI is InChI=1S/C25H24N2O5S/c1-3-22(29)16-4-10-20(11-5-16)32-14-18(28)13-27-15-26-21-12-23(33-24(21)25(27)30)17-6-8-19(31-2)9-7-17/h4-12,15,18,28H,3,13-14H2,1-2H3. The van der Waals surface area contributed by atoms with Gasteiger partial charge >= 0.3 is 0 Å². The van der Waals surface area contributed by atoms with E-state index in [1.54, 1.807) is 31.4 Å². The molecule has 0 saturated carbocycles. The third-order valence-corrected chi connectivity index (χ3v) is 6.39. The fourth-order valence-electron chi connectivity index (χ4n) is 3.39. The molecule has 0 aliphatic carbocycles.